The van der Waals surface area contributed by atoms with Crippen LogP contribution >= 0.6 is 0 Å². The summed E-state index contributed by atoms with van der Waals surface area (Å²) in [7, 11) is 0. The molecule has 18 heavy (non-hydrogen) atoms. The lowest BCUT2D eigenvalue weighted by molar-refractivity contribution is 0.922. The van der Waals surface area contributed by atoms with Crippen LogP contribution in [0.1, 0.15) is 24.5 Å². The van der Waals surface area contributed by atoms with Gasteiger partial charge in [0, 0.05) is 5.69 Å². The van der Waals surface area contributed by atoms with E-state index in [4.69, 9.17) is 5.26 Å². The van der Waals surface area contributed by atoms with Crippen molar-refractivity contribution in [1.29, 1.82) is 5.26 Å². The van der Waals surface area contributed by atoms with Crippen molar-refractivity contribution in [1.82, 2.24) is 10.2 Å². The third-order valence-corrected chi connectivity index (χ3v) is 2.63. The van der Waals surface area contributed by atoms with Gasteiger partial charge in [0.1, 0.15) is 6.07 Å². The summed E-state index contributed by atoms with van der Waals surface area (Å²) in [6.07, 6.45) is 3.58. The number of aryl methyl sites for hydroxylation is 1. The number of para-hydroxylation sites is 1. The molecule has 0 amide bonds. The minimum absolute atomic E-state index is 0.497. The van der Waals surface area contributed by atoms with E-state index in [0.29, 0.717) is 11.4 Å². The minimum Gasteiger partial charge on any atom is -0.337 e. The van der Waals surface area contributed by atoms with E-state index in [1.54, 1.807) is 6.07 Å². The molecule has 1 N–H and O–H groups in total. The molecular formula is C14H14N4. The van der Waals surface area contributed by atoms with Crippen LogP contribution in [0.5, 0.6) is 0 Å². The van der Waals surface area contributed by atoms with Crippen molar-refractivity contribution in [2.75, 3.05) is 5.32 Å². The van der Waals surface area contributed by atoms with Crippen molar-refractivity contribution in [3.63, 3.8) is 0 Å². The Balaban J connectivity index is 2.31. The van der Waals surface area contributed by atoms with Gasteiger partial charge in [-0.3, -0.25) is 0 Å². The van der Waals surface area contributed by atoms with Crippen molar-refractivity contribution in [2.45, 2.75) is 19.8 Å². The van der Waals surface area contributed by atoms with Crippen LogP contribution in [0.4, 0.5) is 11.5 Å². The number of aromatic nitrogens is 2. The Hall–Kier alpha value is -2.41. The van der Waals surface area contributed by atoms with Gasteiger partial charge in [-0.15, -0.1) is 5.10 Å². The number of nitrogens with zero attached hydrogens (tertiary/aromatic N) is 3. The number of hydrogen-bond donors (Lipinski definition) is 1. The van der Waals surface area contributed by atoms with E-state index in [1.807, 2.05) is 18.2 Å². The summed E-state index contributed by atoms with van der Waals surface area (Å²) in [6, 6.07) is 11.8. The van der Waals surface area contributed by atoms with Crippen molar-refractivity contribution in [3.8, 4) is 6.07 Å². The molecule has 0 bridgehead atoms. The van der Waals surface area contributed by atoms with Crippen molar-refractivity contribution in [2.24, 2.45) is 0 Å². The standard InChI is InChI=1S/C14H14N4/c1-2-5-11-6-3-4-7-13(11)17-14-12(10-15)8-9-16-18-14/h3-4,6-9H,2,5H2,1H3,(H,17,18). The van der Waals surface area contributed by atoms with E-state index in [9.17, 15) is 0 Å². The van der Waals surface area contributed by atoms with E-state index in [-0.39, 0.29) is 0 Å². The van der Waals surface area contributed by atoms with Crippen LogP contribution < -0.4 is 5.32 Å². The molecule has 0 aliphatic carbocycles. The summed E-state index contributed by atoms with van der Waals surface area (Å²) < 4.78 is 0. The van der Waals surface area contributed by atoms with Crippen molar-refractivity contribution in [3.05, 3.63) is 47.7 Å². The summed E-state index contributed by atoms with van der Waals surface area (Å²) in [5, 5.41) is 20.0. The Morgan fingerprint density at radius 3 is 2.89 bits per heavy atom. The van der Waals surface area contributed by atoms with E-state index in [1.165, 1.54) is 11.8 Å². The van der Waals surface area contributed by atoms with E-state index in [2.05, 4.69) is 34.6 Å². The van der Waals surface area contributed by atoms with Gasteiger partial charge in [-0.2, -0.15) is 10.4 Å². The third kappa shape index (κ3) is 2.64. The fourth-order valence-electron chi connectivity index (χ4n) is 1.77. The lowest BCUT2D eigenvalue weighted by Crippen LogP contribution is -2.01. The van der Waals surface area contributed by atoms with E-state index >= 15 is 0 Å². The average Bonchev–Trinajstić information content (AvgIpc) is 2.42. The van der Waals surface area contributed by atoms with Gasteiger partial charge in [0.05, 0.1) is 11.8 Å². The Labute approximate surface area is 106 Å². The Kier molecular flexibility index (Phi) is 3.87. The molecular weight excluding hydrogens is 224 g/mol. The first-order valence-electron chi connectivity index (χ1n) is 5.92. The van der Waals surface area contributed by atoms with Crippen LogP contribution in [0, 0.1) is 11.3 Å². The van der Waals surface area contributed by atoms with E-state index in [0.717, 1.165) is 18.5 Å². The molecule has 1 heterocycles. The maximum Gasteiger partial charge on any atom is 0.171 e. The monoisotopic (exact) mass is 238 g/mol. The summed E-state index contributed by atoms with van der Waals surface area (Å²) in [6.45, 7) is 2.14. The average molecular weight is 238 g/mol. The fourth-order valence-corrected chi connectivity index (χ4v) is 1.77. The molecule has 0 unspecified atom stereocenters. The SMILES string of the molecule is CCCc1ccccc1Nc1nnccc1C#N. The first kappa shape index (κ1) is 12.1. The highest BCUT2D eigenvalue weighted by Gasteiger charge is 2.06. The smallest absolute Gasteiger partial charge is 0.171 e. The first-order valence-corrected chi connectivity index (χ1v) is 5.92. The molecule has 90 valence electrons. The molecule has 0 saturated heterocycles. The Bertz CT molecular complexity index is 572. The predicted octanol–water partition coefficient (Wildman–Crippen LogP) is 3.04. The third-order valence-electron chi connectivity index (χ3n) is 2.63. The summed E-state index contributed by atoms with van der Waals surface area (Å²) in [5.74, 6) is 0.503. The number of hydrogen-bond acceptors (Lipinski definition) is 4. The van der Waals surface area contributed by atoms with Gasteiger partial charge in [-0.05, 0) is 24.1 Å². The molecule has 2 aromatic rings. The van der Waals surface area contributed by atoms with Gasteiger partial charge in [-0.1, -0.05) is 31.5 Å². The molecule has 1 aromatic heterocycles. The van der Waals surface area contributed by atoms with E-state index < -0.39 is 0 Å². The van der Waals surface area contributed by atoms with Gasteiger partial charge >= 0.3 is 0 Å². The quantitative estimate of drug-likeness (QED) is 0.889. The topological polar surface area (TPSA) is 61.6 Å². The predicted molar refractivity (Wildman–Crippen MR) is 70.5 cm³/mol. The molecule has 0 radical (unpaired) electrons. The molecule has 4 heteroatoms. The largest absolute Gasteiger partial charge is 0.337 e. The zero-order valence-electron chi connectivity index (χ0n) is 10.2. The normalized spacial score (nSPS) is 9.78. The maximum atomic E-state index is 9.01. The minimum atomic E-state index is 0.497. The van der Waals surface area contributed by atoms with Crippen LogP contribution in [0.3, 0.4) is 0 Å². The van der Waals surface area contributed by atoms with Gasteiger partial charge in [-0.25, -0.2) is 0 Å². The Morgan fingerprint density at radius 2 is 2.11 bits per heavy atom. The molecule has 2 rings (SSSR count). The van der Waals surface area contributed by atoms with Crippen molar-refractivity contribution >= 4 is 11.5 Å². The van der Waals surface area contributed by atoms with Crippen LogP contribution in [-0.4, -0.2) is 10.2 Å². The number of anilines is 2. The highest BCUT2D eigenvalue weighted by molar-refractivity contribution is 5.64. The van der Waals surface area contributed by atoms with Crippen LogP contribution in [-0.2, 0) is 6.42 Å². The highest BCUT2D eigenvalue weighted by Crippen LogP contribution is 2.22. The molecule has 0 atom stereocenters. The Morgan fingerprint density at radius 1 is 1.28 bits per heavy atom. The van der Waals surface area contributed by atoms with Gasteiger partial charge in [0.25, 0.3) is 0 Å². The fraction of sp³-hybridized carbons (Fsp3) is 0.214. The van der Waals surface area contributed by atoms with Crippen LogP contribution in [0.15, 0.2) is 36.5 Å². The molecule has 0 spiro atoms. The number of rotatable bonds is 4. The lowest BCUT2D eigenvalue weighted by Gasteiger charge is -2.10. The van der Waals surface area contributed by atoms with Gasteiger partial charge < -0.3 is 5.32 Å². The highest BCUT2D eigenvalue weighted by atomic mass is 15.2. The molecule has 0 fully saturated rings. The summed E-state index contributed by atoms with van der Waals surface area (Å²) in [5.41, 5.74) is 2.70. The summed E-state index contributed by atoms with van der Waals surface area (Å²) in [4.78, 5) is 0. The number of nitriles is 1. The molecule has 0 saturated carbocycles. The molecule has 0 aliphatic heterocycles. The van der Waals surface area contributed by atoms with Crippen LogP contribution in [0.25, 0.3) is 0 Å². The molecule has 1 aromatic carbocycles. The lowest BCUT2D eigenvalue weighted by atomic mass is 10.1. The maximum absolute atomic E-state index is 9.01. The second-order valence-corrected chi connectivity index (χ2v) is 3.94. The number of nitrogens with one attached hydrogen (secondary N) is 1. The second kappa shape index (κ2) is 5.78. The van der Waals surface area contributed by atoms with Crippen LogP contribution in [0.2, 0.25) is 0 Å². The zero-order chi connectivity index (χ0) is 12.8. The molecule has 0 aliphatic rings. The zero-order valence-corrected chi connectivity index (χ0v) is 10.2. The summed E-state index contributed by atoms with van der Waals surface area (Å²) >= 11 is 0. The number of benzene rings is 1. The molecule has 4 nitrogen and oxygen atoms in total. The van der Waals surface area contributed by atoms with Gasteiger partial charge in [0.15, 0.2) is 5.82 Å². The van der Waals surface area contributed by atoms with Crippen molar-refractivity contribution < 1.29 is 0 Å². The first-order chi connectivity index (χ1) is 8.85. The second-order valence-electron chi connectivity index (χ2n) is 3.94. The van der Waals surface area contributed by atoms with Gasteiger partial charge in [0.2, 0.25) is 0 Å².